The zero-order valence-electron chi connectivity index (χ0n) is 11.5. The van der Waals surface area contributed by atoms with Crippen molar-refractivity contribution < 1.29 is 9.26 Å². The van der Waals surface area contributed by atoms with Crippen LogP contribution in [0.25, 0.3) is 0 Å². The van der Waals surface area contributed by atoms with E-state index < -0.39 is 0 Å². The third-order valence-electron chi connectivity index (χ3n) is 3.92. The average Bonchev–Trinajstić information content (AvgIpc) is 2.87. The molecule has 1 heterocycles. The summed E-state index contributed by atoms with van der Waals surface area (Å²) in [5.41, 5.74) is 0. The van der Waals surface area contributed by atoms with Gasteiger partial charge in [-0.1, -0.05) is 18.0 Å². The molecule has 0 aliphatic heterocycles. The van der Waals surface area contributed by atoms with Gasteiger partial charge in [-0.15, -0.1) is 0 Å². The Morgan fingerprint density at radius 3 is 2.94 bits per heavy atom. The Bertz CT molecular complexity index is 367. The number of hydrogen-bond donors (Lipinski definition) is 1. The molecule has 5 heteroatoms. The molecular formula is C13H23N3O2. The van der Waals surface area contributed by atoms with E-state index in [1.807, 2.05) is 14.0 Å². The molecule has 0 spiro atoms. The van der Waals surface area contributed by atoms with E-state index in [-0.39, 0.29) is 6.10 Å². The van der Waals surface area contributed by atoms with Crippen LogP contribution in [0.15, 0.2) is 4.52 Å². The van der Waals surface area contributed by atoms with Crippen molar-refractivity contribution in [2.45, 2.75) is 51.2 Å². The first-order chi connectivity index (χ1) is 8.74. The molecule has 3 atom stereocenters. The standard InChI is InChI=1S/C13H23N3O2/c1-9(17-3)13-15-12(18-16-13)8-10-6-4-5-7-11(10)14-2/h9-11,14H,4-8H2,1-3H3. The highest BCUT2D eigenvalue weighted by molar-refractivity contribution is 4.93. The van der Waals surface area contributed by atoms with Crippen LogP contribution >= 0.6 is 0 Å². The van der Waals surface area contributed by atoms with Crippen LogP contribution in [-0.4, -0.2) is 30.3 Å². The van der Waals surface area contributed by atoms with Gasteiger partial charge < -0.3 is 14.6 Å². The van der Waals surface area contributed by atoms with E-state index >= 15 is 0 Å². The van der Waals surface area contributed by atoms with Gasteiger partial charge in [0.05, 0.1) is 0 Å². The smallest absolute Gasteiger partial charge is 0.227 e. The Balaban J connectivity index is 1.97. The van der Waals surface area contributed by atoms with Crippen molar-refractivity contribution in [1.29, 1.82) is 0 Å². The lowest BCUT2D eigenvalue weighted by atomic mass is 9.82. The number of ether oxygens (including phenoxy) is 1. The van der Waals surface area contributed by atoms with Crippen molar-refractivity contribution in [3.05, 3.63) is 11.7 Å². The normalized spacial score (nSPS) is 26.2. The van der Waals surface area contributed by atoms with Crippen molar-refractivity contribution in [1.82, 2.24) is 15.5 Å². The van der Waals surface area contributed by atoms with Gasteiger partial charge in [0.2, 0.25) is 5.89 Å². The Kier molecular flexibility index (Phi) is 4.72. The van der Waals surface area contributed by atoms with Crippen molar-refractivity contribution in [3.63, 3.8) is 0 Å². The van der Waals surface area contributed by atoms with Gasteiger partial charge >= 0.3 is 0 Å². The lowest BCUT2D eigenvalue weighted by Gasteiger charge is -2.30. The largest absolute Gasteiger partial charge is 0.374 e. The molecule has 2 rings (SSSR count). The minimum Gasteiger partial charge on any atom is -0.374 e. The molecule has 0 radical (unpaired) electrons. The third-order valence-corrected chi connectivity index (χ3v) is 3.92. The van der Waals surface area contributed by atoms with E-state index in [1.165, 1.54) is 25.7 Å². The number of nitrogens with one attached hydrogen (secondary N) is 1. The van der Waals surface area contributed by atoms with Crippen LogP contribution in [0.2, 0.25) is 0 Å². The lowest BCUT2D eigenvalue weighted by Crippen LogP contribution is -2.37. The molecule has 0 aromatic carbocycles. The van der Waals surface area contributed by atoms with Gasteiger partial charge in [0.15, 0.2) is 5.82 Å². The van der Waals surface area contributed by atoms with Crippen molar-refractivity contribution >= 4 is 0 Å². The van der Waals surface area contributed by atoms with E-state index in [0.717, 1.165) is 12.3 Å². The second-order valence-electron chi connectivity index (χ2n) is 5.07. The third kappa shape index (κ3) is 3.09. The van der Waals surface area contributed by atoms with Gasteiger partial charge in [-0.05, 0) is 32.7 Å². The summed E-state index contributed by atoms with van der Waals surface area (Å²) in [5.74, 6) is 1.99. The molecule has 102 valence electrons. The molecule has 1 aromatic rings. The molecular weight excluding hydrogens is 230 g/mol. The summed E-state index contributed by atoms with van der Waals surface area (Å²) < 4.78 is 10.5. The number of aromatic nitrogens is 2. The molecule has 5 nitrogen and oxygen atoms in total. The molecule has 1 saturated carbocycles. The van der Waals surface area contributed by atoms with Crippen LogP contribution < -0.4 is 5.32 Å². The second kappa shape index (κ2) is 6.29. The highest BCUT2D eigenvalue weighted by Gasteiger charge is 2.26. The Labute approximate surface area is 108 Å². The summed E-state index contributed by atoms with van der Waals surface area (Å²) in [6, 6.07) is 0.578. The average molecular weight is 253 g/mol. The maximum atomic E-state index is 5.31. The van der Waals surface area contributed by atoms with Crippen LogP contribution in [0.3, 0.4) is 0 Å². The highest BCUT2D eigenvalue weighted by atomic mass is 16.5. The number of nitrogens with zero attached hydrogens (tertiary/aromatic N) is 2. The SMILES string of the molecule is CNC1CCCCC1Cc1nc(C(C)OC)no1. The molecule has 1 aliphatic rings. The lowest BCUT2D eigenvalue weighted by molar-refractivity contribution is 0.109. The van der Waals surface area contributed by atoms with Crippen molar-refractivity contribution in [2.24, 2.45) is 5.92 Å². The van der Waals surface area contributed by atoms with E-state index in [9.17, 15) is 0 Å². The zero-order valence-corrected chi connectivity index (χ0v) is 11.5. The molecule has 0 bridgehead atoms. The second-order valence-corrected chi connectivity index (χ2v) is 5.07. The van der Waals surface area contributed by atoms with Crippen LogP contribution in [0.1, 0.15) is 50.4 Å². The maximum absolute atomic E-state index is 5.31. The summed E-state index contributed by atoms with van der Waals surface area (Å²) in [6.07, 6.45) is 5.87. The quantitative estimate of drug-likeness (QED) is 0.870. The van der Waals surface area contributed by atoms with Crippen LogP contribution in [-0.2, 0) is 11.2 Å². The summed E-state index contributed by atoms with van der Waals surface area (Å²) in [4.78, 5) is 4.41. The van der Waals surface area contributed by atoms with Gasteiger partial charge in [-0.3, -0.25) is 0 Å². The van der Waals surface area contributed by atoms with Crippen LogP contribution in [0, 0.1) is 5.92 Å². The molecule has 1 N–H and O–H groups in total. The molecule has 3 unspecified atom stereocenters. The molecule has 0 amide bonds. The summed E-state index contributed by atoms with van der Waals surface area (Å²) in [7, 11) is 3.69. The molecule has 1 aromatic heterocycles. The first kappa shape index (κ1) is 13.5. The fourth-order valence-corrected chi connectivity index (χ4v) is 2.68. The maximum Gasteiger partial charge on any atom is 0.227 e. The first-order valence-electron chi connectivity index (χ1n) is 6.77. The minimum atomic E-state index is -0.103. The predicted molar refractivity (Wildman–Crippen MR) is 68.2 cm³/mol. The van der Waals surface area contributed by atoms with Crippen LogP contribution in [0.5, 0.6) is 0 Å². The minimum absolute atomic E-state index is 0.103. The van der Waals surface area contributed by atoms with Gasteiger partial charge in [0.25, 0.3) is 0 Å². The van der Waals surface area contributed by atoms with Gasteiger partial charge in [-0.2, -0.15) is 4.98 Å². The molecule has 1 fully saturated rings. The number of rotatable bonds is 5. The summed E-state index contributed by atoms with van der Waals surface area (Å²) in [5, 5.41) is 7.37. The first-order valence-corrected chi connectivity index (χ1v) is 6.77. The number of hydrogen-bond acceptors (Lipinski definition) is 5. The van der Waals surface area contributed by atoms with E-state index in [1.54, 1.807) is 7.11 Å². The topological polar surface area (TPSA) is 60.2 Å². The molecule has 1 aliphatic carbocycles. The summed E-state index contributed by atoms with van der Waals surface area (Å²) in [6.45, 7) is 1.92. The number of methoxy groups -OCH3 is 1. The van der Waals surface area contributed by atoms with Crippen molar-refractivity contribution in [3.8, 4) is 0 Å². The zero-order chi connectivity index (χ0) is 13.0. The predicted octanol–water partition coefficient (Wildman–Crippen LogP) is 2.10. The Morgan fingerprint density at radius 2 is 2.22 bits per heavy atom. The van der Waals surface area contributed by atoms with E-state index in [2.05, 4.69) is 15.5 Å². The monoisotopic (exact) mass is 253 g/mol. The molecule has 18 heavy (non-hydrogen) atoms. The Hall–Kier alpha value is -0.940. The van der Waals surface area contributed by atoms with E-state index in [0.29, 0.717) is 17.8 Å². The fourth-order valence-electron chi connectivity index (χ4n) is 2.68. The Morgan fingerprint density at radius 1 is 1.44 bits per heavy atom. The summed E-state index contributed by atoms with van der Waals surface area (Å²) >= 11 is 0. The van der Waals surface area contributed by atoms with Gasteiger partial charge in [0, 0.05) is 19.6 Å². The molecule has 0 saturated heterocycles. The van der Waals surface area contributed by atoms with E-state index in [4.69, 9.17) is 9.26 Å². The fraction of sp³-hybridized carbons (Fsp3) is 0.846. The van der Waals surface area contributed by atoms with Crippen LogP contribution in [0.4, 0.5) is 0 Å². The van der Waals surface area contributed by atoms with Crippen molar-refractivity contribution in [2.75, 3.05) is 14.2 Å². The van der Waals surface area contributed by atoms with Gasteiger partial charge in [0.1, 0.15) is 6.10 Å². The van der Waals surface area contributed by atoms with Gasteiger partial charge in [-0.25, -0.2) is 0 Å². The highest BCUT2D eigenvalue weighted by Crippen LogP contribution is 2.27.